The van der Waals surface area contributed by atoms with E-state index in [-0.39, 0.29) is 4.90 Å². The van der Waals surface area contributed by atoms with Crippen molar-refractivity contribution in [1.29, 1.82) is 0 Å². The van der Waals surface area contributed by atoms with Crippen LogP contribution in [0.1, 0.15) is 5.56 Å². The van der Waals surface area contributed by atoms with Crippen LogP contribution in [-0.4, -0.2) is 25.5 Å². The topological polar surface area (TPSA) is 95.5 Å². The predicted molar refractivity (Wildman–Crippen MR) is 88.4 cm³/mol. The van der Waals surface area contributed by atoms with E-state index in [2.05, 4.69) is 10.6 Å². The Balaban J connectivity index is 1.83. The highest BCUT2D eigenvalue weighted by Gasteiger charge is 2.09. The number of hydrogen-bond donors (Lipinski definition) is 3. The lowest BCUT2D eigenvalue weighted by atomic mass is 10.1. The summed E-state index contributed by atoms with van der Waals surface area (Å²) in [5.74, 6) is 0. The summed E-state index contributed by atoms with van der Waals surface area (Å²) >= 11 is 5.88. The Morgan fingerprint density at radius 1 is 1.13 bits per heavy atom. The summed E-state index contributed by atoms with van der Waals surface area (Å²) in [4.78, 5) is 11.5. The number of rotatable bonds is 5. The maximum atomic E-state index is 11.7. The van der Waals surface area contributed by atoms with E-state index in [0.717, 1.165) is 5.56 Å². The van der Waals surface area contributed by atoms with Gasteiger partial charge in [0.05, 0.1) is 4.90 Å². The molecule has 0 atom stereocenters. The minimum atomic E-state index is -4.24. The lowest BCUT2D eigenvalue weighted by Crippen LogP contribution is -2.30. The van der Waals surface area contributed by atoms with Gasteiger partial charge in [0, 0.05) is 17.3 Å². The molecule has 0 aromatic heterocycles. The van der Waals surface area contributed by atoms with Gasteiger partial charge in [-0.25, -0.2) is 4.79 Å². The van der Waals surface area contributed by atoms with E-state index in [9.17, 15) is 13.2 Å². The maximum Gasteiger partial charge on any atom is 0.319 e. The SMILES string of the molecule is O=C(NCCc1cccc(Cl)c1)Nc1ccc(S(=O)(=O)O)cc1. The fourth-order valence-corrected chi connectivity index (χ4v) is 2.59. The van der Waals surface area contributed by atoms with Crippen molar-refractivity contribution in [2.45, 2.75) is 11.3 Å². The Kier molecular flexibility index (Phi) is 5.59. The predicted octanol–water partition coefficient (Wildman–Crippen LogP) is 2.95. The molecule has 0 aliphatic heterocycles. The molecule has 6 nitrogen and oxygen atoms in total. The molecule has 0 bridgehead atoms. The van der Waals surface area contributed by atoms with Gasteiger partial charge in [-0.3, -0.25) is 4.55 Å². The minimum absolute atomic E-state index is 0.232. The number of nitrogens with one attached hydrogen (secondary N) is 2. The highest BCUT2D eigenvalue weighted by molar-refractivity contribution is 7.85. The molecule has 0 radical (unpaired) electrons. The number of carbonyl (C=O) groups excluding carboxylic acids is 1. The third kappa shape index (κ3) is 5.55. The van der Waals surface area contributed by atoms with Gasteiger partial charge in [0.25, 0.3) is 10.1 Å². The fraction of sp³-hybridized carbons (Fsp3) is 0.133. The van der Waals surface area contributed by atoms with Gasteiger partial charge >= 0.3 is 6.03 Å². The van der Waals surface area contributed by atoms with Crippen LogP contribution in [0.4, 0.5) is 10.5 Å². The van der Waals surface area contributed by atoms with E-state index in [1.807, 2.05) is 18.2 Å². The average molecular weight is 355 g/mol. The van der Waals surface area contributed by atoms with Crippen molar-refractivity contribution in [2.75, 3.05) is 11.9 Å². The third-order valence-electron chi connectivity index (χ3n) is 3.00. The van der Waals surface area contributed by atoms with Crippen molar-refractivity contribution >= 4 is 33.4 Å². The molecule has 122 valence electrons. The van der Waals surface area contributed by atoms with Crippen molar-refractivity contribution in [3.05, 3.63) is 59.1 Å². The number of benzene rings is 2. The normalized spacial score (nSPS) is 11.0. The lowest BCUT2D eigenvalue weighted by Gasteiger charge is -2.08. The maximum absolute atomic E-state index is 11.7. The third-order valence-corrected chi connectivity index (χ3v) is 4.10. The number of anilines is 1. The van der Waals surface area contributed by atoms with Crippen molar-refractivity contribution in [3.63, 3.8) is 0 Å². The first-order valence-electron chi connectivity index (χ1n) is 6.71. The van der Waals surface area contributed by atoms with E-state index < -0.39 is 16.1 Å². The molecule has 2 amide bonds. The van der Waals surface area contributed by atoms with Gasteiger partial charge in [0.15, 0.2) is 0 Å². The van der Waals surface area contributed by atoms with Crippen LogP contribution in [-0.2, 0) is 16.5 Å². The van der Waals surface area contributed by atoms with Crippen molar-refractivity contribution in [1.82, 2.24) is 5.32 Å². The molecule has 0 unspecified atom stereocenters. The monoisotopic (exact) mass is 354 g/mol. The van der Waals surface area contributed by atoms with Crippen LogP contribution >= 0.6 is 11.6 Å². The summed E-state index contributed by atoms with van der Waals surface area (Å²) in [5, 5.41) is 5.89. The van der Waals surface area contributed by atoms with Crippen molar-refractivity contribution in [2.24, 2.45) is 0 Å². The summed E-state index contributed by atoms with van der Waals surface area (Å²) < 4.78 is 30.7. The standard InChI is InChI=1S/C15H15ClN2O4S/c16-12-3-1-2-11(10-12)8-9-17-15(19)18-13-4-6-14(7-5-13)23(20,21)22/h1-7,10H,8-9H2,(H2,17,18,19)(H,20,21,22). The van der Waals surface area contributed by atoms with Gasteiger partial charge in [0.1, 0.15) is 0 Å². The molecule has 0 saturated heterocycles. The second-order valence-corrected chi connectivity index (χ2v) is 6.62. The Hall–Kier alpha value is -2.09. The summed E-state index contributed by atoms with van der Waals surface area (Å²) in [6, 6.07) is 12.1. The molecule has 0 aliphatic carbocycles. The van der Waals surface area contributed by atoms with E-state index in [0.29, 0.717) is 23.7 Å². The van der Waals surface area contributed by atoms with Gasteiger partial charge in [-0.2, -0.15) is 8.42 Å². The number of halogens is 1. The molecule has 0 aliphatic rings. The molecule has 23 heavy (non-hydrogen) atoms. The molecule has 8 heteroatoms. The molecule has 0 fully saturated rings. The van der Waals surface area contributed by atoms with Crippen LogP contribution in [0.5, 0.6) is 0 Å². The summed E-state index contributed by atoms with van der Waals surface area (Å²) in [7, 11) is -4.24. The smallest absolute Gasteiger partial charge is 0.319 e. The summed E-state index contributed by atoms with van der Waals surface area (Å²) in [6.07, 6.45) is 0.635. The summed E-state index contributed by atoms with van der Waals surface area (Å²) in [6.45, 7) is 0.426. The van der Waals surface area contributed by atoms with Crippen LogP contribution in [0, 0.1) is 0 Å². The molecule has 2 aromatic carbocycles. The zero-order valence-corrected chi connectivity index (χ0v) is 13.6. The van der Waals surface area contributed by atoms with E-state index in [1.54, 1.807) is 6.07 Å². The minimum Gasteiger partial charge on any atom is -0.338 e. The van der Waals surface area contributed by atoms with Crippen LogP contribution in [0.25, 0.3) is 0 Å². The molecular formula is C15H15ClN2O4S. The fourth-order valence-electron chi connectivity index (χ4n) is 1.90. The van der Waals surface area contributed by atoms with E-state index in [4.69, 9.17) is 16.2 Å². The highest BCUT2D eigenvalue weighted by atomic mass is 35.5. The van der Waals surface area contributed by atoms with Gasteiger partial charge in [-0.15, -0.1) is 0 Å². The molecule has 2 rings (SSSR count). The van der Waals surface area contributed by atoms with Crippen LogP contribution in [0.2, 0.25) is 5.02 Å². The van der Waals surface area contributed by atoms with Gasteiger partial charge in [0.2, 0.25) is 0 Å². The van der Waals surface area contributed by atoms with Gasteiger partial charge in [-0.05, 0) is 48.4 Å². The summed E-state index contributed by atoms with van der Waals surface area (Å²) in [5.41, 5.74) is 1.42. The van der Waals surface area contributed by atoms with Crippen molar-refractivity contribution < 1.29 is 17.8 Å². The van der Waals surface area contributed by atoms with E-state index >= 15 is 0 Å². The number of hydrogen-bond acceptors (Lipinski definition) is 3. The Morgan fingerprint density at radius 3 is 2.43 bits per heavy atom. The number of urea groups is 1. The first-order chi connectivity index (χ1) is 10.8. The molecule has 2 aromatic rings. The van der Waals surface area contributed by atoms with Crippen LogP contribution in [0.15, 0.2) is 53.4 Å². The largest absolute Gasteiger partial charge is 0.338 e. The molecular weight excluding hydrogens is 340 g/mol. The Morgan fingerprint density at radius 2 is 1.83 bits per heavy atom. The lowest BCUT2D eigenvalue weighted by molar-refractivity contribution is 0.252. The molecule has 0 heterocycles. The highest BCUT2D eigenvalue weighted by Crippen LogP contribution is 2.13. The second-order valence-electron chi connectivity index (χ2n) is 4.76. The van der Waals surface area contributed by atoms with Gasteiger partial charge < -0.3 is 10.6 Å². The second kappa shape index (κ2) is 7.45. The Labute approximate surface area is 139 Å². The number of amides is 2. The molecule has 0 spiro atoms. The zero-order valence-electron chi connectivity index (χ0n) is 12.0. The average Bonchev–Trinajstić information content (AvgIpc) is 2.47. The van der Waals surface area contributed by atoms with E-state index in [1.165, 1.54) is 24.3 Å². The molecule has 3 N–H and O–H groups in total. The first kappa shape index (κ1) is 17.3. The van der Waals surface area contributed by atoms with Crippen LogP contribution < -0.4 is 10.6 Å². The Bertz CT molecular complexity index is 791. The zero-order chi connectivity index (χ0) is 16.9. The number of carbonyl (C=O) groups is 1. The quantitative estimate of drug-likeness (QED) is 0.719. The van der Waals surface area contributed by atoms with Gasteiger partial charge in [-0.1, -0.05) is 23.7 Å². The first-order valence-corrected chi connectivity index (χ1v) is 8.53. The van der Waals surface area contributed by atoms with Crippen LogP contribution in [0.3, 0.4) is 0 Å². The van der Waals surface area contributed by atoms with Crippen molar-refractivity contribution in [3.8, 4) is 0 Å². The molecule has 0 saturated carbocycles.